The molecule has 0 N–H and O–H groups in total. The number of hydrogen-bond donors (Lipinski definition) is 0. The lowest BCUT2D eigenvalue weighted by molar-refractivity contribution is 1.19. The zero-order valence-electron chi connectivity index (χ0n) is 19.3. The van der Waals surface area contributed by atoms with Crippen LogP contribution in [0.2, 0.25) is 25.1 Å². The zero-order valence-corrected chi connectivity index (χ0v) is 23.8. The van der Waals surface area contributed by atoms with Gasteiger partial charge in [-0.25, -0.2) is 0 Å². The summed E-state index contributed by atoms with van der Waals surface area (Å²) in [6, 6.07) is 16.3. The topological polar surface area (TPSA) is 24.7 Å². The van der Waals surface area contributed by atoms with E-state index < -0.39 is 5.38 Å². The number of nitrogens with zero attached hydrogens (tertiary/aromatic N) is 2. The third-order valence-corrected chi connectivity index (χ3v) is 7.58. The molecule has 0 fully saturated rings. The van der Waals surface area contributed by atoms with E-state index in [1.54, 1.807) is 36.4 Å². The molecule has 8 heteroatoms. The molecule has 184 valence electrons. The van der Waals surface area contributed by atoms with Crippen molar-refractivity contribution in [2.45, 2.75) is 25.6 Å². The highest BCUT2D eigenvalue weighted by Gasteiger charge is 2.25. The van der Waals surface area contributed by atoms with Crippen molar-refractivity contribution in [2.24, 2.45) is 9.98 Å². The minimum absolute atomic E-state index is 0.451. The van der Waals surface area contributed by atoms with Gasteiger partial charge in [0.2, 0.25) is 0 Å². The summed E-state index contributed by atoms with van der Waals surface area (Å²) >= 11 is 38.7. The molecule has 0 amide bonds. The van der Waals surface area contributed by atoms with Gasteiger partial charge in [0.05, 0.1) is 16.4 Å². The third-order valence-electron chi connectivity index (χ3n) is 5.56. The highest BCUT2D eigenvalue weighted by atomic mass is 35.5. The van der Waals surface area contributed by atoms with Crippen molar-refractivity contribution >= 4 is 92.3 Å². The van der Waals surface area contributed by atoms with Gasteiger partial charge in [0.1, 0.15) is 5.38 Å². The minimum atomic E-state index is -0.451. The van der Waals surface area contributed by atoms with Gasteiger partial charge in [0, 0.05) is 49.1 Å². The van der Waals surface area contributed by atoms with Gasteiger partial charge < -0.3 is 0 Å². The fourth-order valence-corrected chi connectivity index (χ4v) is 5.74. The van der Waals surface area contributed by atoms with Gasteiger partial charge in [0.25, 0.3) is 0 Å². The maximum absolute atomic E-state index is 6.71. The highest BCUT2D eigenvalue weighted by Crippen LogP contribution is 2.41. The molecule has 0 radical (unpaired) electrons. The molecule has 0 saturated heterocycles. The maximum atomic E-state index is 6.71. The summed E-state index contributed by atoms with van der Waals surface area (Å²) in [5, 5.41) is 2.28. The van der Waals surface area contributed by atoms with E-state index in [4.69, 9.17) is 79.6 Å². The van der Waals surface area contributed by atoms with Crippen LogP contribution in [0.5, 0.6) is 0 Å². The Labute approximate surface area is 240 Å². The number of benzene rings is 3. The van der Waals surface area contributed by atoms with Crippen LogP contribution in [0.3, 0.4) is 0 Å². The molecule has 0 bridgehead atoms. The molecule has 2 nitrogen and oxygen atoms in total. The van der Waals surface area contributed by atoms with Crippen LogP contribution in [0, 0.1) is 0 Å². The quantitative estimate of drug-likeness (QED) is 0.200. The molecule has 36 heavy (non-hydrogen) atoms. The first-order valence-electron chi connectivity index (χ1n) is 11.0. The summed E-state index contributed by atoms with van der Waals surface area (Å²) in [7, 11) is 0. The molecule has 3 aromatic rings. The van der Waals surface area contributed by atoms with Crippen molar-refractivity contribution in [2.75, 3.05) is 0 Å². The summed E-state index contributed by atoms with van der Waals surface area (Å²) in [6.45, 7) is 3.87. The van der Waals surface area contributed by atoms with Gasteiger partial charge in [-0.15, -0.1) is 11.6 Å². The molecule has 0 spiro atoms. The average Bonchev–Trinajstić information content (AvgIpc) is 3.15. The Balaban J connectivity index is 1.48. The summed E-state index contributed by atoms with van der Waals surface area (Å²) in [5.74, 6) is 0. The lowest BCUT2D eigenvalue weighted by Gasteiger charge is -2.14. The van der Waals surface area contributed by atoms with Crippen LogP contribution in [-0.2, 0) is 0 Å². The van der Waals surface area contributed by atoms with Crippen molar-refractivity contribution in [3.8, 4) is 11.1 Å². The lowest BCUT2D eigenvalue weighted by Crippen LogP contribution is -2.06. The molecule has 0 unspecified atom stereocenters. The van der Waals surface area contributed by atoms with Gasteiger partial charge in [-0.3, -0.25) is 9.98 Å². The van der Waals surface area contributed by atoms with Gasteiger partial charge in [-0.05, 0) is 67.5 Å². The number of allylic oxidation sites excluding steroid dienone is 3. The van der Waals surface area contributed by atoms with E-state index in [1.165, 1.54) is 0 Å². The number of hydrogen-bond acceptors (Lipinski definition) is 2. The van der Waals surface area contributed by atoms with Crippen LogP contribution in [0.15, 0.2) is 82.4 Å². The molecule has 4 rings (SSSR count). The predicted octanol–water partition coefficient (Wildman–Crippen LogP) is 11.2. The summed E-state index contributed by atoms with van der Waals surface area (Å²) in [6.07, 6.45) is 4.35. The van der Waals surface area contributed by atoms with Crippen molar-refractivity contribution in [1.82, 2.24) is 0 Å². The van der Waals surface area contributed by atoms with Crippen molar-refractivity contribution in [3.63, 3.8) is 0 Å². The molecular formula is C28H20Cl6N2. The second kappa shape index (κ2) is 11.7. The normalized spacial score (nSPS) is 16.3. The Kier molecular flexibility index (Phi) is 8.88. The smallest absolute Gasteiger partial charge is 0.101 e. The van der Waals surface area contributed by atoms with Crippen molar-refractivity contribution in [1.29, 1.82) is 0 Å². The molecule has 0 aromatic heterocycles. The van der Waals surface area contributed by atoms with E-state index in [-0.39, 0.29) is 0 Å². The number of halogens is 6. The van der Waals surface area contributed by atoms with E-state index >= 15 is 0 Å². The van der Waals surface area contributed by atoms with E-state index in [1.807, 2.05) is 44.2 Å². The monoisotopic (exact) mass is 594 g/mol. The van der Waals surface area contributed by atoms with E-state index in [2.05, 4.69) is 0 Å². The van der Waals surface area contributed by atoms with Gasteiger partial charge in [-0.2, -0.15) is 0 Å². The largest absolute Gasteiger partial charge is 0.260 e. The van der Waals surface area contributed by atoms with Crippen LogP contribution in [0.4, 0.5) is 5.69 Å². The Morgan fingerprint density at radius 2 is 1.25 bits per heavy atom. The molecule has 0 heterocycles. The summed E-state index contributed by atoms with van der Waals surface area (Å²) in [5.41, 5.74) is 6.23. The van der Waals surface area contributed by atoms with Crippen molar-refractivity contribution < 1.29 is 0 Å². The summed E-state index contributed by atoms with van der Waals surface area (Å²) < 4.78 is 0. The molecule has 0 aliphatic heterocycles. The second-order valence-electron chi connectivity index (χ2n) is 8.31. The molecular weight excluding hydrogens is 577 g/mol. The first-order chi connectivity index (χ1) is 17.2. The molecule has 1 aliphatic rings. The predicted molar refractivity (Wildman–Crippen MR) is 160 cm³/mol. The second-order valence-corrected chi connectivity index (χ2v) is 10.8. The first-order valence-corrected chi connectivity index (χ1v) is 13.3. The lowest BCUT2D eigenvalue weighted by atomic mass is 10.0. The third kappa shape index (κ3) is 6.02. The van der Waals surface area contributed by atoms with Crippen LogP contribution in [0.25, 0.3) is 16.7 Å². The number of aliphatic imine (C=N–C) groups is 2. The minimum Gasteiger partial charge on any atom is -0.260 e. The first kappa shape index (κ1) is 27.3. The van der Waals surface area contributed by atoms with Crippen LogP contribution in [-0.4, -0.2) is 16.8 Å². The summed E-state index contributed by atoms with van der Waals surface area (Å²) in [4.78, 5) is 9.43. The SMILES string of the molecule is CC(CC(C)=Nc1ccc(-c2c(Cl)cccc2Cl)cc1Cl)=NC1=CC=C(c2c(Cl)cccc2Cl)[C@@H]1Cl. The number of rotatable bonds is 6. The van der Waals surface area contributed by atoms with E-state index in [0.717, 1.165) is 39.4 Å². The van der Waals surface area contributed by atoms with Crippen molar-refractivity contribution in [3.05, 3.63) is 103 Å². The molecule has 1 atom stereocenters. The van der Waals surface area contributed by atoms with Gasteiger partial charge >= 0.3 is 0 Å². The number of alkyl halides is 1. The Morgan fingerprint density at radius 1 is 0.694 bits per heavy atom. The fraction of sp³-hybridized carbons (Fsp3) is 0.143. The van der Waals surface area contributed by atoms with Gasteiger partial charge in [-0.1, -0.05) is 82.3 Å². The molecule has 0 saturated carbocycles. The van der Waals surface area contributed by atoms with Crippen LogP contribution >= 0.6 is 69.6 Å². The zero-order chi connectivity index (χ0) is 26.0. The Bertz CT molecular complexity index is 1410. The van der Waals surface area contributed by atoms with Crippen LogP contribution < -0.4 is 0 Å². The average molecular weight is 597 g/mol. The Morgan fingerprint density at radius 3 is 1.83 bits per heavy atom. The molecule has 1 aliphatic carbocycles. The maximum Gasteiger partial charge on any atom is 0.101 e. The van der Waals surface area contributed by atoms with Crippen LogP contribution in [0.1, 0.15) is 25.8 Å². The van der Waals surface area contributed by atoms with Gasteiger partial charge in [0.15, 0.2) is 0 Å². The van der Waals surface area contributed by atoms with E-state index in [9.17, 15) is 0 Å². The molecule has 3 aromatic carbocycles. The highest BCUT2D eigenvalue weighted by molar-refractivity contribution is 6.40. The Hall–Kier alpha value is -1.78. The standard InChI is InChI=1S/C28H20Cl6N2/c1-15(35-24-11-9-17(14-23(24)33)26-19(29)5-3-6-20(26)30)13-16(2)36-25-12-10-18(28(25)34)27-21(31)7-4-8-22(27)32/h3-12,14,28H,13H2,1-2H3/t28-/m0/s1. The fourth-order valence-electron chi connectivity index (χ4n) is 3.98. The van der Waals surface area contributed by atoms with E-state index in [0.29, 0.717) is 37.2 Å².